The van der Waals surface area contributed by atoms with Gasteiger partial charge in [0, 0.05) is 39.3 Å². The molecular formula is C20H28FN3O. The van der Waals surface area contributed by atoms with Crippen LogP contribution in [0.3, 0.4) is 0 Å². The molecule has 2 saturated heterocycles. The average molecular weight is 345 g/mol. The minimum atomic E-state index is -0.237. The van der Waals surface area contributed by atoms with E-state index in [1.165, 1.54) is 12.1 Å². The molecule has 0 bridgehead atoms. The van der Waals surface area contributed by atoms with E-state index >= 15 is 0 Å². The Labute approximate surface area is 149 Å². The fraction of sp³-hybridized carbons (Fsp3) is 0.550. The van der Waals surface area contributed by atoms with Gasteiger partial charge in [-0.05, 0) is 49.0 Å². The van der Waals surface area contributed by atoms with Crippen molar-refractivity contribution in [2.75, 3.05) is 39.3 Å². The second-order valence-corrected chi connectivity index (χ2v) is 6.98. The van der Waals surface area contributed by atoms with Crippen molar-refractivity contribution in [2.24, 2.45) is 0 Å². The number of benzene rings is 1. The molecule has 1 aromatic carbocycles. The average Bonchev–Trinajstić information content (AvgIpc) is 3.18. The maximum Gasteiger partial charge on any atom is 0.239 e. The van der Waals surface area contributed by atoms with Crippen molar-refractivity contribution in [1.29, 1.82) is 0 Å². The summed E-state index contributed by atoms with van der Waals surface area (Å²) in [5.41, 5.74) is 1.92. The number of allylic oxidation sites excluding steroid dienone is 1. The zero-order chi connectivity index (χ0) is 17.6. The molecule has 0 radical (unpaired) electrons. The van der Waals surface area contributed by atoms with Gasteiger partial charge in [0.2, 0.25) is 5.91 Å². The van der Waals surface area contributed by atoms with E-state index in [4.69, 9.17) is 0 Å². The predicted octanol–water partition coefficient (Wildman–Crippen LogP) is 2.52. The van der Waals surface area contributed by atoms with Crippen LogP contribution in [0.4, 0.5) is 4.39 Å². The molecule has 0 aromatic heterocycles. The maximum atomic E-state index is 13.1. The third-order valence-corrected chi connectivity index (χ3v) is 5.27. The van der Waals surface area contributed by atoms with Crippen molar-refractivity contribution in [3.8, 4) is 0 Å². The monoisotopic (exact) mass is 345 g/mol. The summed E-state index contributed by atoms with van der Waals surface area (Å²) in [5, 5.41) is 3.35. The van der Waals surface area contributed by atoms with Crippen LogP contribution in [0.15, 0.2) is 30.8 Å². The smallest absolute Gasteiger partial charge is 0.239 e. The Morgan fingerprint density at radius 3 is 2.40 bits per heavy atom. The molecule has 25 heavy (non-hydrogen) atoms. The highest BCUT2D eigenvalue weighted by atomic mass is 19.1. The van der Waals surface area contributed by atoms with Gasteiger partial charge in [0.15, 0.2) is 0 Å². The van der Waals surface area contributed by atoms with Gasteiger partial charge in [-0.2, -0.15) is 0 Å². The van der Waals surface area contributed by atoms with Crippen LogP contribution in [0.1, 0.15) is 31.2 Å². The minimum absolute atomic E-state index is 0.0719. The van der Waals surface area contributed by atoms with Gasteiger partial charge < -0.3 is 10.2 Å². The first-order valence-corrected chi connectivity index (χ1v) is 9.32. The van der Waals surface area contributed by atoms with Crippen molar-refractivity contribution in [3.05, 3.63) is 42.2 Å². The lowest BCUT2D eigenvalue weighted by molar-refractivity contribution is -0.136. The van der Waals surface area contributed by atoms with Crippen molar-refractivity contribution < 1.29 is 9.18 Å². The minimum Gasteiger partial charge on any atom is -0.341 e. The molecule has 0 aliphatic carbocycles. The quantitative estimate of drug-likeness (QED) is 0.861. The summed E-state index contributed by atoms with van der Waals surface area (Å²) in [5.74, 6) is 0.0331. The van der Waals surface area contributed by atoms with E-state index in [2.05, 4.69) is 16.8 Å². The summed E-state index contributed by atoms with van der Waals surface area (Å²) >= 11 is 0. The Kier molecular flexibility index (Phi) is 6.21. The van der Waals surface area contributed by atoms with Gasteiger partial charge in [0.05, 0.1) is 6.04 Å². The van der Waals surface area contributed by atoms with Crippen molar-refractivity contribution in [2.45, 2.75) is 31.7 Å². The van der Waals surface area contributed by atoms with Gasteiger partial charge in [0.25, 0.3) is 0 Å². The second-order valence-electron chi connectivity index (χ2n) is 6.98. The SMILES string of the molecule is C=C(CCC(C(=O)N1CCCC1)N1CCNCC1)c1ccc(F)cc1. The Balaban J connectivity index is 1.64. The Hall–Kier alpha value is -1.72. The molecule has 4 nitrogen and oxygen atoms in total. The van der Waals surface area contributed by atoms with Gasteiger partial charge >= 0.3 is 0 Å². The number of rotatable bonds is 6. The summed E-state index contributed by atoms with van der Waals surface area (Å²) in [6.07, 6.45) is 3.75. The molecule has 2 heterocycles. The van der Waals surface area contributed by atoms with E-state index in [1.54, 1.807) is 12.1 Å². The summed E-state index contributed by atoms with van der Waals surface area (Å²) in [6.45, 7) is 9.62. The highest BCUT2D eigenvalue weighted by Gasteiger charge is 2.31. The summed E-state index contributed by atoms with van der Waals surface area (Å²) in [7, 11) is 0. The molecule has 1 N–H and O–H groups in total. The molecule has 0 saturated carbocycles. The lowest BCUT2D eigenvalue weighted by Gasteiger charge is -2.36. The Morgan fingerprint density at radius 1 is 1.12 bits per heavy atom. The number of nitrogens with zero attached hydrogens (tertiary/aromatic N) is 2. The zero-order valence-corrected chi connectivity index (χ0v) is 14.8. The van der Waals surface area contributed by atoms with Crippen LogP contribution in [0.25, 0.3) is 5.57 Å². The fourth-order valence-electron chi connectivity index (χ4n) is 3.75. The number of hydrogen-bond acceptors (Lipinski definition) is 3. The van der Waals surface area contributed by atoms with Gasteiger partial charge in [0.1, 0.15) is 5.82 Å². The Bertz CT molecular complexity index is 589. The summed E-state index contributed by atoms with van der Waals surface area (Å²) in [4.78, 5) is 17.4. The van der Waals surface area contributed by atoms with E-state index in [9.17, 15) is 9.18 Å². The van der Waals surface area contributed by atoms with Gasteiger partial charge in [-0.15, -0.1) is 0 Å². The standard InChI is InChI=1S/C20H28FN3O/c1-16(17-5-7-18(21)8-6-17)4-9-19(23-14-10-22-11-15-23)20(25)24-12-2-3-13-24/h5-8,19,22H,1-4,9-15H2. The number of piperazine rings is 1. The molecule has 2 fully saturated rings. The number of amides is 1. The normalized spacial score (nSPS) is 19.8. The number of carbonyl (C=O) groups is 1. The first kappa shape index (κ1) is 18.1. The number of hydrogen-bond donors (Lipinski definition) is 1. The number of nitrogens with one attached hydrogen (secondary N) is 1. The van der Waals surface area contributed by atoms with Crippen LogP contribution >= 0.6 is 0 Å². The topological polar surface area (TPSA) is 35.6 Å². The van der Waals surface area contributed by atoms with Crippen molar-refractivity contribution in [3.63, 3.8) is 0 Å². The van der Waals surface area contributed by atoms with Gasteiger partial charge in [-0.3, -0.25) is 9.69 Å². The predicted molar refractivity (Wildman–Crippen MR) is 98.7 cm³/mol. The molecule has 136 valence electrons. The first-order valence-electron chi connectivity index (χ1n) is 9.32. The number of likely N-dealkylation sites (tertiary alicyclic amines) is 1. The first-order chi connectivity index (χ1) is 12.1. The third-order valence-electron chi connectivity index (χ3n) is 5.27. The van der Waals surface area contributed by atoms with Crippen molar-refractivity contribution in [1.82, 2.24) is 15.1 Å². The highest BCUT2D eigenvalue weighted by molar-refractivity contribution is 5.82. The van der Waals surface area contributed by atoms with Crippen LogP contribution in [-0.2, 0) is 4.79 Å². The molecule has 2 aliphatic heterocycles. The van der Waals surface area contributed by atoms with Crippen LogP contribution in [-0.4, -0.2) is 61.0 Å². The van der Waals surface area contributed by atoms with E-state index in [0.29, 0.717) is 0 Å². The van der Waals surface area contributed by atoms with E-state index in [-0.39, 0.29) is 17.8 Å². The number of halogens is 1. The molecule has 1 atom stereocenters. The van der Waals surface area contributed by atoms with Crippen LogP contribution in [0.2, 0.25) is 0 Å². The molecule has 1 unspecified atom stereocenters. The molecule has 2 aliphatic rings. The lowest BCUT2D eigenvalue weighted by Crippen LogP contribution is -2.54. The van der Waals surface area contributed by atoms with Crippen LogP contribution in [0, 0.1) is 5.82 Å². The van der Waals surface area contributed by atoms with Gasteiger partial charge in [-0.25, -0.2) is 4.39 Å². The summed E-state index contributed by atoms with van der Waals surface area (Å²) in [6, 6.07) is 6.38. The zero-order valence-electron chi connectivity index (χ0n) is 14.8. The maximum absolute atomic E-state index is 13.1. The van der Waals surface area contributed by atoms with E-state index in [0.717, 1.165) is 76.1 Å². The molecule has 1 amide bonds. The van der Waals surface area contributed by atoms with Crippen molar-refractivity contribution >= 4 is 11.5 Å². The largest absolute Gasteiger partial charge is 0.341 e. The molecule has 5 heteroatoms. The Morgan fingerprint density at radius 2 is 1.76 bits per heavy atom. The fourth-order valence-corrected chi connectivity index (χ4v) is 3.75. The van der Waals surface area contributed by atoms with Crippen LogP contribution in [0.5, 0.6) is 0 Å². The van der Waals surface area contributed by atoms with E-state index < -0.39 is 0 Å². The van der Waals surface area contributed by atoms with Gasteiger partial charge in [-0.1, -0.05) is 18.7 Å². The molecule has 0 spiro atoms. The second kappa shape index (κ2) is 8.59. The van der Waals surface area contributed by atoms with Crippen LogP contribution < -0.4 is 5.32 Å². The molecule has 1 aromatic rings. The highest BCUT2D eigenvalue weighted by Crippen LogP contribution is 2.23. The molecule has 3 rings (SSSR count). The van der Waals surface area contributed by atoms with E-state index in [1.807, 2.05) is 4.90 Å². The summed E-state index contributed by atoms with van der Waals surface area (Å²) < 4.78 is 13.1. The lowest BCUT2D eigenvalue weighted by atomic mass is 9.98. The third kappa shape index (κ3) is 4.67. The number of carbonyl (C=O) groups excluding carboxylic acids is 1. The molecular weight excluding hydrogens is 317 g/mol.